The van der Waals surface area contributed by atoms with Crippen molar-refractivity contribution < 1.29 is 27.3 Å². The van der Waals surface area contributed by atoms with Crippen LogP contribution in [0.15, 0.2) is 0 Å². The lowest BCUT2D eigenvalue weighted by Crippen LogP contribution is -2.38. The molecule has 1 atom stereocenters. The number of ether oxygens (including phenoxy) is 1. The summed E-state index contributed by atoms with van der Waals surface area (Å²) >= 11 is -2.88. The summed E-state index contributed by atoms with van der Waals surface area (Å²) in [5, 5.41) is 1.28. The molecule has 0 spiro atoms. The van der Waals surface area contributed by atoms with Crippen molar-refractivity contribution in [3.63, 3.8) is 0 Å². The van der Waals surface area contributed by atoms with Gasteiger partial charge in [-0.05, 0) is 0 Å². The molecule has 1 unspecified atom stereocenters. The molecule has 0 aromatic carbocycles. The minimum atomic E-state index is -2.88. The fourth-order valence-electron chi connectivity index (χ4n) is 0.814. The van der Waals surface area contributed by atoms with Gasteiger partial charge < -0.3 is 18.3 Å². The highest BCUT2D eigenvalue weighted by Crippen LogP contribution is 1.99. The molecule has 1 aliphatic heterocycles. The third kappa shape index (κ3) is 4.18. The first kappa shape index (κ1) is 10.4. The van der Waals surface area contributed by atoms with Crippen LogP contribution in [0.1, 0.15) is 0 Å². The van der Waals surface area contributed by atoms with E-state index >= 15 is 0 Å². The molecule has 1 fully saturated rings. The second-order valence-corrected chi connectivity index (χ2v) is 2.75. The van der Waals surface area contributed by atoms with Gasteiger partial charge in [0.05, 0.1) is 26.3 Å². The van der Waals surface area contributed by atoms with Gasteiger partial charge in [-0.25, -0.2) is 9.00 Å². The number of hydrogen-bond donors (Lipinski definition) is 0. The van der Waals surface area contributed by atoms with E-state index in [0.29, 0.717) is 26.3 Å². The molecule has 7 nitrogen and oxygen atoms in total. The lowest BCUT2D eigenvalue weighted by molar-refractivity contribution is -0.156. The highest BCUT2D eigenvalue weighted by molar-refractivity contribution is 7.74. The second kappa shape index (κ2) is 5.12. The van der Waals surface area contributed by atoms with Crippen molar-refractivity contribution >= 4 is 17.5 Å². The molecule has 0 aromatic rings. The van der Waals surface area contributed by atoms with Crippen molar-refractivity contribution in [3.8, 4) is 0 Å². The van der Waals surface area contributed by atoms with Crippen molar-refractivity contribution in [2.24, 2.45) is 0 Å². The van der Waals surface area contributed by atoms with Crippen LogP contribution in [0.25, 0.3) is 0 Å². The van der Waals surface area contributed by atoms with E-state index in [1.807, 2.05) is 0 Å². The molecule has 0 aromatic heterocycles. The Balaban J connectivity index is 2.22. The van der Waals surface area contributed by atoms with Crippen LogP contribution in [0.2, 0.25) is 0 Å². The average Bonchev–Trinajstić information content (AvgIpc) is 2.04. The zero-order valence-corrected chi connectivity index (χ0v) is 7.45. The summed E-state index contributed by atoms with van der Waals surface area (Å²) in [7, 11) is 0. The molecular weight excluding hydrogens is 202 g/mol. The Labute approximate surface area is 77.0 Å². The van der Waals surface area contributed by atoms with Gasteiger partial charge in [-0.1, -0.05) is 0 Å². The van der Waals surface area contributed by atoms with Crippen molar-refractivity contribution in [3.05, 3.63) is 0 Å². The monoisotopic (exact) mass is 210 g/mol. The molecule has 0 amide bonds. The maximum atomic E-state index is 10.6. The molecule has 1 heterocycles. The topological polar surface area (TPSA) is 88.1 Å². The average molecular weight is 210 g/mol. The smallest absolute Gasteiger partial charge is 0.541 e. The number of hydrogen-bond acceptors (Lipinski definition) is 7. The molecule has 13 heavy (non-hydrogen) atoms. The molecule has 0 aliphatic carbocycles. The normalized spacial score (nSPS) is 20.7. The third-order valence-corrected chi connectivity index (χ3v) is 1.58. The summed E-state index contributed by atoms with van der Waals surface area (Å²) in [6.45, 7) is 1.68. The van der Waals surface area contributed by atoms with E-state index in [0.717, 1.165) is 0 Å². The highest BCUT2D eigenvalue weighted by atomic mass is 32.2. The second-order valence-electron chi connectivity index (χ2n) is 2.17. The van der Waals surface area contributed by atoms with Gasteiger partial charge in [0, 0.05) is 0 Å². The number of carbonyl (C=O) groups is 1. The summed E-state index contributed by atoms with van der Waals surface area (Å²) in [5.74, 6) is 0. The molecule has 8 heteroatoms. The third-order valence-electron chi connectivity index (χ3n) is 1.31. The molecule has 1 rings (SSSR count). The summed E-state index contributed by atoms with van der Waals surface area (Å²) in [5.41, 5.74) is 0. The van der Waals surface area contributed by atoms with Gasteiger partial charge in [-0.15, -0.1) is 5.06 Å². The van der Waals surface area contributed by atoms with Gasteiger partial charge in [-0.3, -0.25) is 0 Å². The highest BCUT2D eigenvalue weighted by Gasteiger charge is 2.16. The molecule has 0 N–H and O–H groups in total. The van der Waals surface area contributed by atoms with Gasteiger partial charge in [0.1, 0.15) is 11.4 Å². The van der Waals surface area contributed by atoms with Gasteiger partial charge in [0.2, 0.25) is 0 Å². The first-order chi connectivity index (χ1) is 6.18. The molecule has 0 bridgehead atoms. The summed E-state index contributed by atoms with van der Waals surface area (Å²) in [4.78, 5) is 15.1. The van der Waals surface area contributed by atoms with Crippen molar-refractivity contribution in [1.29, 1.82) is 0 Å². The van der Waals surface area contributed by atoms with Gasteiger partial charge in [-0.2, -0.15) is 0 Å². The van der Waals surface area contributed by atoms with Crippen molar-refractivity contribution in [2.75, 3.05) is 26.3 Å². The Morgan fingerprint density at radius 2 is 2.08 bits per heavy atom. The lowest BCUT2D eigenvalue weighted by Gasteiger charge is -2.24. The maximum absolute atomic E-state index is 10.6. The zero-order valence-electron chi connectivity index (χ0n) is 6.63. The SMILES string of the molecule is O=C(ON1CCOCC1)OS(=O)[O-]. The number of hydroxylamine groups is 2. The van der Waals surface area contributed by atoms with E-state index in [1.54, 1.807) is 0 Å². The van der Waals surface area contributed by atoms with Crippen LogP contribution in [0.4, 0.5) is 4.79 Å². The molecule has 0 saturated carbocycles. The van der Waals surface area contributed by atoms with Crippen molar-refractivity contribution in [1.82, 2.24) is 5.06 Å². The molecule has 1 saturated heterocycles. The van der Waals surface area contributed by atoms with E-state index in [1.165, 1.54) is 5.06 Å². The minimum Gasteiger partial charge on any atom is -0.740 e. The van der Waals surface area contributed by atoms with Gasteiger partial charge in [0.25, 0.3) is 0 Å². The number of nitrogens with zero attached hydrogens (tertiary/aromatic N) is 1. The summed E-state index contributed by atoms with van der Waals surface area (Å²) in [6, 6.07) is 0. The fourth-order valence-corrected chi connectivity index (χ4v) is 0.956. The Morgan fingerprint density at radius 3 is 2.62 bits per heavy atom. The van der Waals surface area contributed by atoms with E-state index < -0.39 is 17.5 Å². The predicted molar refractivity (Wildman–Crippen MR) is 38.9 cm³/mol. The van der Waals surface area contributed by atoms with Gasteiger partial charge in [0.15, 0.2) is 0 Å². The lowest BCUT2D eigenvalue weighted by atomic mass is 10.5. The van der Waals surface area contributed by atoms with Crippen LogP contribution in [0.5, 0.6) is 0 Å². The summed E-state index contributed by atoms with van der Waals surface area (Å²) < 4.78 is 28.5. The zero-order chi connectivity index (χ0) is 9.68. The standard InChI is InChI=1S/C5H9NO6S/c7-5(12-13(8)9)11-6-1-3-10-4-2-6/h1-4H2,(H,8,9)/p-1. The number of morpholine rings is 1. The molecule has 0 radical (unpaired) electrons. The van der Waals surface area contributed by atoms with E-state index in [-0.39, 0.29) is 0 Å². The number of rotatable bonds is 2. The van der Waals surface area contributed by atoms with Crippen LogP contribution in [-0.2, 0) is 25.1 Å². The molecular formula is C5H8NO6S-. The first-order valence-electron chi connectivity index (χ1n) is 3.50. The predicted octanol–water partition coefficient (Wildman–Crippen LogP) is -0.819. The minimum absolute atomic E-state index is 0.403. The fraction of sp³-hybridized carbons (Fsp3) is 0.800. The molecule has 1 aliphatic rings. The van der Waals surface area contributed by atoms with Gasteiger partial charge >= 0.3 is 6.16 Å². The van der Waals surface area contributed by atoms with Crippen LogP contribution < -0.4 is 0 Å². The Morgan fingerprint density at radius 1 is 1.46 bits per heavy atom. The van der Waals surface area contributed by atoms with Crippen LogP contribution >= 0.6 is 0 Å². The first-order valence-corrected chi connectivity index (χ1v) is 4.50. The van der Waals surface area contributed by atoms with Crippen LogP contribution in [0.3, 0.4) is 0 Å². The Hall–Kier alpha value is -0.700. The van der Waals surface area contributed by atoms with Crippen LogP contribution in [0, 0.1) is 0 Å². The van der Waals surface area contributed by atoms with Crippen LogP contribution in [-0.4, -0.2) is 46.3 Å². The largest absolute Gasteiger partial charge is 0.740 e. The Bertz CT molecular complexity index is 203. The quantitative estimate of drug-likeness (QED) is 0.550. The van der Waals surface area contributed by atoms with E-state index in [9.17, 15) is 13.6 Å². The Kier molecular flexibility index (Phi) is 4.09. The van der Waals surface area contributed by atoms with E-state index in [2.05, 4.69) is 9.02 Å². The maximum Gasteiger partial charge on any atom is 0.541 e. The summed E-state index contributed by atoms with van der Waals surface area (Å²) in [6.07, 6.45) is -1.25. The number of carbonyl (C=O) groups excluding carboxylic acids is 1. The van der Waals surface area contributed by atoms with E-state index in [4.69, 9.17) is 4.74 Å². The van der Waals surface area contributed by atoms with Crippen molar-refractivity contribution in [2.45, 2.75) is 0 Å². The molecule has 76 valence electrons.